The minimum atomic E-state index is -0.675. The molecule has 0 saturated carbocycles. The summed E-state index contributed by atoms with van der Waals surface area (Å²) < 4.78 is 6.48. The van der Waals surface area contributed by atoms with Gasteiger partial charge in [0.1, 0.15) is 11.5 Å². The van der Waals surface area contributed by atoms with Crippen LogP contribution in [0.2, 0.25) is 0 Å². The van der Waals surface area contributed by atoms with Crippen molar-refractivity contribution >= 4 is 33.4 Å². The van der Waals surface area contributed by atoms with Gasteiger partial charge in [-0.15, -0.1) is 0 Å². The maximum Gasteiger partial charge on any atom is 0.295 e. The molecular formula is C24H27BrN2O4. The SMILES string of the molecule is CCOc1cccc(C2/C(=C(/O)c3ccc(Br)cc3)C(=O)C(=O)N2CCCN(C)C)c1. The first-order valence-corrected chi connectivity index (χ1v) is 11.0. The van der Waals surface area contributed by atoms with Crippen LogP contribution in [-0.4, -0.2) is 60.4 Å². The van der Waals surface area contributed by atoms with Crippen LogP contribution in [0.5, 0.6) is 5.75 Å². The van der Waals surface area contributed by atoms with E-state index in [9.17, 15) is 14.7 Å². The highest BCUT2D eigenvalue weighted by Crippen LogP contribution is 2.40. The highest BCUT2D eigenvalue weighted by Gasteiger charge is 2.45. The molecule has 164 valence electrons. The quantitative estimate of drug-likeness (QED) is 0.343. The Hall–Kier alpha value is -2.64. The van der Waals surface area contributed by atoms with Crippen LogP contribution in [0.4, 0.5) is 0 Å². The van der Waals surface area contributed by atoms with Crippen molar-refractivity contribution in [2.75, 3.05) is 33.8 Å². The number of benzene rings is 2. The number of aliphatic hydroxyl groups is 1. The first kappa shape index (κ1) is 23.0. The fraction of sp³-hybridized carbons (Fsp3) is 0.333. The molecule has 0 radical (unpaired) electrons. The van der Waals surface area contributed by atoms with Gasteiger partial charge in [-0.3, -0.25) is 9.59 Å². The number of amides is 1. The summed E-state index contributed by atoms with van der Waals surface area (Å²) in [6.45, 7) is 3.59. The average molecular weight is 487 g/mol. The molecule has 7 heteroatoms. The largest absolute Gasteiger partial charge is 0.507 e. The average Bonchev–Trinajstić information content (AvgIpc) is 2.99. The molecule has 2 aromatic rings. The Balaban J connectivity index is 2.09. The number of carbonyl (C=O) groups is 2. The number of hydrogen-bond acceptors (Lipinski definition) is 5. The summed E-state index contributed by atoms with van der Waals surface area (Å²) in [5.74, 6) is -0.781. The zero-order valence-corrected chi connectivity index (χ0v) is 19.6. The zero-order valence-electron chi connectivity index (χ0n) is 18.0. The second-order valence-corrected chi connectivity index (χ2v) is 8.58. The molecule has 1 N–H and O–H groups in total. The minimum Gasteiger partial charge on any atom is -0.507 e. The molecule has 0 bridgehead atoms. The lowest BCUT2D eigenvalue weighted by atomic mass is 9.95. The van der Waals surface area contributed by atoms with Crippen molar-refractivity contribution in [3.05, 3.63) is 69.7 Å². The van der Waals surface area contributed by atoms with Gasteiger partial charge in [-0.1, -0.05) is 40.2 Å². The lowest BCUT2D eigenvalue weighted by molar-refractivity contribution is -0.139. The first-order chi connectivity index (χ1) is 14.8. The van der Waals surface area contributed by atoms with Crippen LogP contribution in [0.3, 0.4) is 0 Å². The van der Waals surface area contributed by atoms with Crippen LogP contribution in [0.15, 0.2) is 58.6 Å². The topological polar surface area (TPSA) is 70.1 Å². The van der Waals surface area contributed by atoms with Gasteiger partial charge in [0.05, 0.1) is 18.2 Å². The van der Waals surface area contributed by atoms with E-state index in [1.807, 2.05) is 50.2 Å². The standard InChI is InChI=1S/C24H27BrN2O4/c1-4-31-19-8-5-7-17(15-19)21-20(22(28)16-9-11-18(25)12-10-16)23(29)24(30)27(21)14-6-13-26(2)3/h5,7-12,15,21,28H,4,6,13-14H2,1-3H3/b22-20-. The molecule has 2 aromatic carbocycles. The molecule has 0 aliphatic carbocycles. The number of ether oxygens (including phenoxy) is 1. The maximum atomic E-state index is 13.0. The number of hydrogen-bond donors (Lipinski definition) is 1. The van der Waals surface area contributed by atoms with Crippen molar-refractivity contribution in [3.63, 3.8) is 0 Å². The van der Waals surface area contributed by atoms with Gasteiger partial charge in [0.2, 0.25) is 0 Å². The van der Waals surface area contributed by atoms with Gasteiger partial charge in [0.15, 0.2) is 0 Å². The highest BCUT2D eigenvalue weighted by atomic mass is 79.9. The molecule has 1 fully saturated rings. The van der Waals surface area contributed by atoms with E-state index in [4.69, 9.17) is 4.74 Å². The lowest BCUT2D eigenvalue weighted by Crippen LogP contribution is -2.32. The van der Waals surface area contributed by atoms with Crippen LogP contribution in [0, 0.1) is 0 Å². The second-order valence-electron chi connectivity index (χ2n) is 7.66. The van der Waals surface area contributed by atoms with Crippen molar-refractivity contribution in [3.8, 4) is 5.75 Å². The summed E-state index contributed by atoms with van der Waals surface area (Å²) in [5, 5.41) is 11.1. The van der Waals surface area contributed by atoms with E-state index in [1.54, 1.807) is 29.2 Å². The van der Waals surface area contributed by atoms with E-state index in [0.717, 1.165) is 16.6 Å². The number of likely N-dealkylation sites (tertiary alicyclic amines) is 1. The summed E-state index contributed by atoms with van der Waals surface area (Å²) in [7, 11) is 3.93. The van der Waals surface area contributed by atoms with Crippen molar-refractivity contribution in [1.82, 2.24) is 9.80 Å². The number of nitrogens with zero attached hydrogens (tertiary/aromatic N) is 2. The van der Waals surface area contributed by atoms with E-state index in [2.05, 4.69) is 15.9 Å². The van der Waals surface area contributed by atoms with Gasteiger partial charge in [0, 0.05) is 16.6 Å². The number of Topliss-reactive ketones (excluding diaryl/α,β-unsaturated/α-hetero) is 1. The van der Waals surface area contributed by atoms with Gasteiger partial charge in [-0.05, 0) is 63.8 Å². The van der Waals surface area contributed by atoms with Crippen molar-refractivity contribution < 1.29 is 19.4 Å². The molecule has 31 heavy (non-hydrogen) atoms. The molecule has 1 amide bonds. The van der Waals surface area contributed by atoms with E-state index >= 15 is 0 Å². The number of ketones is 1. The Morgan fingerprint density at radius 1 is 1.16 bits per heavy atom. The van der Waals surface area contributed by atoms with Gasteiger partial charge in [-0.25, -0.2) is 0 Å². The third-order valence-electron chi connectivity index (χ3n) is 5.15. The van der Waals surface area contributed by atoms with Crippen LogP contribution in [0.1, 0.15) is 30.5 Å². The molecule has 1 saturated heterocycles. The Morgan fingerprint density at radius 3 is 2.52 bits per heavy atom. The molecule has 1 aliphatic rings. The highest BCUT2D eigenvalue weighted by molar-refractivity contribution is 9.10. The summed E-state index contributed by atoms with van der Waals surface area (Å²) in [5.41, 5.74) is 1.32. The number of halogens is 1. The molecule has 1 aliphatic heterocycles. The Kier molecular flexibility index (Phi) is 7.51. The van der Waals surface area contributed by atoms with E-state index < -0.39 is 17.7 Å². The third-order valence-corrected chi connectivity index (χ3v) is 5.68. The van der Waals surface area contributed by atoms with Crippen LogP contribution in [-0.2, 0) is 9.59 Å². The third kappa shape index (κ3) is 5.17. The number of aliphatic hydroxyl groups excluding tert-OH is 1. The van der Waals surface area contributed by atoms with E-state index in [1.165, 1.54) is 0 Å². The zero-order chi connectivity index (χ0) is 22.5. The maximum absolute atomic E-state index is 13.0. The molecule has 3 rings (SSSR count). The fourth-order valence-electron chi connectivity index (χ4n) is 3.72. The summed E-state index contributed by atoms with van der Waals surface area (Å²) in [4.78, 5) is 29.6. The lowest BCUT2D eigenvalue weighted by Gasteiger charge is -2.26. The predicted molar refractivity (Wildman–Crippen MR) is 124 cm³/mol. The normalized spacial score (nSPS) is 18.1. The van der Waals surface area contributed by atoms with Gasteiger partial charge in [-0.2, -0.15) is 0 Å². The van der Waals surface area contributed by atoms with Gasteiger partial charge in [0.25, 0.3) is 11.7 Å². The number of carbonyl (C=O) groups excluding carboxylic acids is 2. The van der Waals surface area contributed by atoms with Crippen LogP contribution in [0.25, 0.3) is 5.76 Å². The molecule has 6 nitrogen and oxygen atoms in total. The monoisotopic (exact) mass is 486 g/mol. The van der Waals surface area contributed by atoms with Crippen LogP contribution >= 0.6 is 15.9 Å². The molecule has 0 spiro atoms. The molecular weight excluding hydrogens is 460 g/mol. The molecule has 1 heterocycles. The molecule has 1 unspecified atom stereocenters. The number of rotatable bonds is 8. The van der Waals surface area contributed by atoms with Gasteiger partial charge < -0.3 is 19.6 Å². The first-order valence-electron chi connectivity index (χ1n) is 10.2. The Labute approximate surface area is 191 Å². The Bertz CT molecular complexity index is 985. The fourth-order valence-corrected chi connectivity index (χ4v) is 3.98. The van der Waals surface area contributed by atoms with Crippen molar-refractivity contribution in [2.45, 2.75) is 19.4 Å². The molecule has 1 atom stereocenters. The Morgan fingerprint density at radius 2 is 1.87 bits per heavy atom. The predicted octanol–water partition coefficient (Wildman–Crippen LogP) is 4.22. The van der Waals surface area contributed by atoms with Crippen molar-refractivity contribution in [2.24, 2.45) is 0 Å². The van der Waals surface area contributed by atoms with E-state index in [-0.39, 0.29) is 11.3 Å². The summed E-state index contributed by atoms with van der Waals surface area (Å²) >= 11 is 3.38. The molecule has 0 aromatic heterocycles. The second kappa shape index (κ2) is 10.1. The summed E-state index contributed by atoms with van der Waals surface area (Å²) in [6, 6.07) is 13.7. The smallest absolute Gasteiger partial charge is 0.295 e. The minimum absolute atomic E-state index is 0.103. The van der Waals surface area contributed by atoms with Crippen molar-refractivity contribution in [1.29, 1.82) is 0 Å². The summed E-state index contributed by atoms with van der Waals surface area (Å²) in [6.07, 6.45) is 0.708. The van der Waals surface area contributed by atoms with Gasteiger partial charge >= 0.3 is 0 Å². The van der Waals surface area contributed by atoms with Crippen LogP contribution < -0.4 is 4.74 Å². The van der Waals surface area contributed by atoms with E-state index in [0.29, 0.717) is 30.9 Å².